The van der Waals surface area contributed by atoms with Crippen LogP contribution in [0.25, 0.3) is 22.5 Å². The van der Waals surface area contributed by atoms with Gasteiger partial charge in [-0.05, 0) is 47.5 Å². The van der Waals surface area contributed by atoms with Gasteiger partial charge in [0.1, 0.15) is 0 Å². The molecule has 0 bridgehead atoms. The predicted octanol–water partition coefficient (Wildman–Crippen LogP) is 6.40. The summed E-state index contributed by atoms with van der Waals surface area (Å²) in [6.07, 6.45) is -8.81. The Balaban J connectivity index is 1.93. The molecule has 0 atom stereocenters. The van der Waals surface area contributed by atoms with Gasteiger partial charge in [0, 0.05) is 18.4 Å². The van der Waals surface area contributed by atoms with Gasteiger partial charge in [0.25, 0.3) is 0 Å². The van der Waals surface area contributed by atoms with E-state index in [0.29, 0.717) is 22.5 Å². The molecule has 1 aromatic heterocycles. The second-order valence-electron chi connectivity index (χ2n) is 5.81. The van der Waals surface area contributed by atoms with Gasteiger partial charge in [-0.25, -0.2) is 0 Å². The smallest absolute Gasteiger partial charge is 0.344 e. The molecular formula is C19H13F6N. The Bertz CT molecular complexity index is 824. The van der Waals surface area contributed by atoms with Gasteiger partial charge in [-0.3, -0.25) is 0 Å². The zero-order valence-corrected chi connectivity index (χ0v) is 13.5. The maximum atomic E-state index is 12.7. The molecule has 0 amide bonds. The average Bonchev–Trinajstić information content (AvgIpc) is 2.95. The molecule has 2 aromatic carbocycles. The first-order valence-corrected chi connectivity index (χ1v) is 7.58. The predicted molar refractivity (Wildman–Crippen MR) is 86.3 cm³/mol. The van der Waals surface area contributed by atoms with Crippen LogP contribution in [0.5, 0.6) is 0 Å². The van der Waals surface area contributed by atoms with Gasteiger partial charge in [0.05, 0.1) is 11.1 Å². The van der Waals surface area contributed by atoms with E-state index in [1.165, 1.54) is 24.3 Å². The van der Waals surface area contributed by atoms with Crippen molar-refractivity contribution in [3.05, 3.63) is 71.8 Å². The lowest BCUT2D eigenvalue weighted by Gasteiger charge is -2.11. The molecule has 3 aromatic rings. The van der Waals surface area contributed by atoms with E-state index in [2.05, 4.69) is 0 Å². The first kappa shape index (κ1) is 18.1. The molecule has 7 heteroatoms. The summed E-state index contributed by atoms with van der Waals surface area (Å²) in [6.45, 7) is 0. The number of halogens is 6. The Hall–Kier alpha value is -2.70. The van der Waals surface area contributed by atoms with Crippen LogP contribution in [0.4, 0.5) is 26.3 Å². The van der Waals surface area contributed by atoms with Crippen LogP contribution in [0.15, 0.2) is 60.7 Å². The molecule has 0 spiro atoms. The number of nitrogens with zero attached hydrogens (tertiary/aromatic N) is 1. The molecule has 1 nitrogen and oxygen atoms in total. The van der Waals surface area contributed by atoms with Crippen LogP contribution in [0.1, 0.15) is 11.1 Å². The number of aromatic nitrogens is 1. The molecule has 1 heterocycles. The minimum Gasteiger partial charge on any atom is -0.344 e. The highest BCUT2D eigenvalue weighted by atomic mass is 19.4. The van der Waals surface area contributed by atoms with Gasteiger partial charge in [0.15, 0.2) is 0 Å². The number of rotatable bonds is 2. The zero-order chi connectivity index (χ0) is 19.1. The maximum absolute atomic E-state index is 12.7. The molecular weight excluding hydrogens is 356 g/mol. The molecule has 0 N–H and O–H groups in total. The minimum atomic E-state index is -4.40. The first-order valence-electron chi connectivity index (χ1n) is 7.58. The average molecular weight is 369 g/mol. The second kappa shape index (κ2) is 6.23. The SMILES string of the molecule is Cn1c(-c2ccc(C(F)(F)F)cc2)ccc1-c1ccc(C(F)(F)F)cc1. The molecule has 0 aliphatic heterocycles. The number of hydrogen-bond donors (Lipinski definition) is 0. The molecule has 136 valence electrons. The van der Waals surface area contributed by atoms with Crippen molar-refractivity contribution < 1.29 is 26.3 Å². The molecule has 0 saturated carbocycles. The normalized spacial score (nSPS) is 12.4. The van der Waals surface area contributed by atoms with Crippen LogP contribution in [-0.4, -0.2) is 4.57 Å². The summed E-state index contributed by atoms with van der Waals surface area (Å²) >= 11 is 0. The summed E-state index contributed by atoms with van der Waals surface area (Å²) < 4.78 is 77.7. The van der Waals surface area contributed by atoms with Crippen molar-refractivity contribution in [2.45, 2.75) is 12.4 Å². The molecule has 0 saturated heterocycles. The van der Waals surface area contributed by atoms with Gasteiger partial charge >= 0.3 is 12.4 Å². The highest BCUT2D eigenvalue weighted by molar-refractivity contribution is 5.70. The van der Waals surface area contributed by atoms with E-state index in [-0.39, 0.29) is 0 Å². The van der Waals surface area contributed by atoms with Crippen LogP contribution >= 0.6 is 0 Å². The van der Waals surface area contributed by atoms with Gasteiger partial charge < -0.3 is 4.57 Å². The molecule has 3 rings (SSSR count). The summed E-state index contributed by atoms with van der Waals surface area (Å²) in [5.41, 5.74) is 1.01. The van der Waals surface area contributed by atoms with Crippen molar-refractivity contribution in [1.82, 2.24) is 4.57 Å². The maximum Gasteiger partial charge on any atom is 0.416 e. The van der Waals surface area contributed by atoms with Crippen molar-refractivity contribution in [3.63, 3.8) is 0 Å². The number of alkyl halides is 6. The lowest BCUT2D eigenvalue weighted by Crippen LogP contribution is -2.04. The third kappa shape index (κ3) is 3.47. The minimum absolute atomic E-state index is 0.582. The van der Waals surface area contributed by atoms with Crippen molar-refractivity contribution in [2.75, 3.05) is 0 Å². The largest absolute Gasteiger partial charge is 0.416 e. The summed E-state index contributed by atoms with van der Waals surface area (Å²) in [5, 5.41) is 0. The molecule has 0 aliphatic carbocycles. The highest BCUT2D eigenvalue weighted by Crippen LogP contribution is 2.34. The second-order valence-corrected chi connectivity index (χ2v) is 5.81. The van der Waals surface area contributed by atoms with Crippen LogP contribution in [0, 0.1) is 0 Å². The Labute approximate surface area is 145 Å². The Kier molecular flexibility index (Phi) is 4.34. The monoisotopic (exact) mass is 369 g/mol. The lowest BCUT2D eigenvalue weighted by atomic mass is 10.1. The van der Waals surface area contributed by atoms with E-state index in [4.69, 9.17) is 0 Å². The van der Waals surface area contributed by atoms with Crippen molar-refractivity contribution in [3.8, 4) is 22.5 Å². The summed E-state index contributed by atoms with van der Waals surface area (Å²) in [6, 6.07) is 12.9. The van der Waals surface area contributed by atoms with Crippen LogP contribution in [0.2, 0.25) is 0 Å². The first-order chi connectivity index (χ1) is 12.1. The van der Waals surface area contributed by atoms with Crippen LogP contribution in [0.3, 0.4) is 0 Å². The van der Waals surface area contributed by atoms with E-state index in [1.807, 2.05) is 0 Å². The topological polar surface area (TPSA) is 4.93 Å². The standard InChI is InChI=1S/C19H13F6N/c1-26-16(12-2-6-14(7-3-12)18(20,21)22)10-11-17(26)13-4-8-15(9-5-13)19(23,24)25/h2-11H,1H3. The van der Waals surface area contributed by atoms with Crippen LogP contribution in [-0.2, 0) is 19.4 Å². The molecule has 0 unspecified atom stereocenters. The van der Waals surface area contributed by atoms with E-state index in [0.717, 1.165) is 24.3 Å². The molecule has 0 fully saturated rings. The van der Waals surface area contributed by atoms with Gasteiger partial charge in [-0.1, -0.05) is 24.3 Å². The molecule has 26 heavy (non-hydrogen) atoms. The van der Waals surface area contributed by atoms with E-state index < -0.39 is 23.5 Å². The van der Waals surface area contributed by atoms with Gasteiger partial charge in [-0.2, -0.15) is 26.3 Å². The fraction of sp³-hybridized carbons (Fsp3) is 0.158. The van der Waals surface area contributed by atoms with E-state index in [1.54, 1.807) is 23.7 Å². The third-order valence-corrected chi connectivity index (χ3v) is 4.14. The summed E-state index contributed by atoms with van der Waals surface area (Å²) in [5.74, 6) is 0. The Morgan fingerprint density at radius 2 is 0.846 bits per heavy atom. The van der Waals surface area contributed by atoms with E-state index in [9.17, 15) is 26.3 Å². The Morgan fingerprint density at radius 3 is 1.12 bits per heavy atom. The van der Waals surface area contributed by atoms with Crippen molar-refractivity contribution in [1.29, 1.82) is 0 Å². The number of benzene rings is 2. The summed E-state index contributed by atoms with van der Waals surface area (Å²) in [7, 11) is 1.71. The summed E-state index contributed by atoms with van der Waals surface area (Å²) in [4.78, 5) is 0. The molecule has 0 radical (unpaired) electrons. The third-order valence-electron chi connectivity index (χ3n) is 4.14. The quantitative estimate of drug-likeness (QED) is 0.461. The Morgan fingerprint density at radius 1 is 0.538 bits per heavy atom. The van der Waals surface area contributed by atoms with E-state index >= 15 is 0 Å². The van der Waals surface area contributed by atoms with Crippen molar-refractivity contribution >= 4 is 0 Å². The van der Waals surface area contributed by atoms with Gasteiger partial charge in [0.2, 0.25) is 0 Å². The lowest BCUT2D eigenvalue weighted by molar-refractivity contribution is -0.138. The van der Waals surface area contributed by atoms with Crippen LogP contribution < -0.4 is 0 Å². The fourth-order valence-electron chi connectivity index (χ4n) is 2.75. The highest BCUT2D eigenvalue weighted by Gasteiger charge is 2.31. The van der Waals surface area contributed by atoms with Gasteiger partial charge in [-0.15, -0.1) is 0 Å². The number of hydrogen-bond acceptors (Lipinski definition) is 0. The van der Waals surface area contributed by atoms with Crippen molar-refractivity contribution in [2.24, 2.45) is 7.05 Å². The fourth-order valence-corrected chi connectivity index (χ4v) is 2.75. The molecule has 0 aliphatic rings. The zero-order valence-electron chi connectivity index (χ0n) is 13.5.